The Morgan fingerprint density at radius 3 is 1.85 bits per heavy atom. The van der Waals surface area contributed by atoms with Gasteiger partial charge in [-0.25, -0.2) is 0 Å². The van der Waals surface area contributed by atoms with Crippen molar-refractivity contribution in [2.45, 2.75) is 12.8 Å². The number of phenols is 1. The van der Waals surface area contributed by atoms with Gasteiger partial charge in [0.2, 0.25) is 0 Å². The fourth-order valence-electron chi connectivity index (χ4n) is 3.04. The van der Waals surface area contributed by atoms with Crippen LogP contribution in [0.25, 0.3) is 12.2 Å². The zero-order valence-electron chi connectivity index (χ0n) is 15.5. The van der Waals surface area contributed by atoms with E-state index in [-0.39, 0.29) is 5.75 Å². The van der Waals surface area contributed by atoms with E-state index in [1.165, 1.54) is 5.56 Å². The van der Waals surface area contributed by atoms with Gasteiger partial charge in [-0.05, 0) is 35.6 Å². The second-order valence-corrected chi connectivity index (χ2v) is 6.29. The molecule has 3 aromatic rings. The molecule has 0 spiro atoms. The van der Waals surface area contributed by atoms with E-state index in [9.17, 15) is 5.11 Å². The topological polar surface area (TPSA) is 29.5 Å². The highest BCUT2D eigenvalue weighted by Crippen LogP contribution is 2.33. The molecule has 0 aliphatic carbocycles. The summed E-state index contributed by atoms with van der Waals surface area (Å²) in [6.45, 7) is 0. The average molecular weight is 356 g/mol. The van der Waals surface area contributed by atoms with E-state index in [1.807, 2.05) is 42.5 Å². The number of rotatable bonds is 7. The first kappa shape index (κ1) is 18.5. The molecule has 0 unspecified atom stereocenters. The lowest BCUT2D eigenvalue weighted by atomic mass is 10.0. The Labute approximate surface area is 161 Å². The molecular weight excluding hydrogens is 332 g/mol. The molecule has 0 aromatic heterocycles. The Hall–Kier alpha value is -3.26. The number of hydrogen-bond acceptors (Lipinski definition) is 2. The van der Waals surface area contributed by atoms with Crippen LogP contribution in [-0.2, 0) is 12.8 Å². The van der Waals surface area contributed by atoms with E-state index < -0.39 is 0 Å². The third kappa shape index (κ3) is 5.11. The summed E-state index contributed by atoms with van der Waals surface area (Å²) in [5.74, 6) is 1.02. The molecule has 2 heteroatoms. The van der Waals surface area contributed by atoms with E-state index in [0.29, 0.717) is 6.42 Å². The van der Waals surface area contributed by atoms with Gasteiger partial charge in [-0.3, -0.25) is 0 Å². The van der Waals surface area contributed by atoms with Crippen molar-refractivity contribution in [1.82, 2.24) is 0 Å². The van der Waals surface area contributed by atoms with Crippen molar-refractivity contribution >= 4 is 12.2 Å². The van der Waals surface area contributed by atoms with Crippen molar-refractivity contribution in [2.24, 2.45) is 0 Å². The van der Waals surface area contributed by atoms with Gasteiger partial charge in [-0.1, -0.05) is 91.0 Å². The zero-order valence-corrected chi connectivity index (χ0v) is 15.5. The summed E-state index contributed by atoms with van der Waals surface area (Å²) in [6.07, 6.45) is 9.68. The van der Waals surface area contributed by atoms with E-state index in [2.05, 4.69) is 48.6 Å². The van der Waals surface area contributed by atoms with Crippen molar-refractivity contribution in [3.8, 4) is 11.5 Å². The second kappa shape index (κ2) is 9.44. The Balaban J connectivity index is 1.77. The van der Waals surface area contributed by atoms with Gasteiger partial charge in [0, 0.05) is 5.56 Å². The van der Waals surface area contributed by atoms with Gasteiger partial charge >= 0.3 is 0 Å². The van der Waals surface area contributed by atoms with Crippen molar-refractivity contribution in [2.75, 3.05) is 7.11 Å². The predicted molar refractivity (Wildman–Crippen MR) is 113 cm³/mol. The van der Waals surface area contributed by atoms with Crippen LogP contribution < -0.4 is 4.74 Å². The molecular formula is C25H24O2. The highest BCUT2D eigenvalue weighted by atomic mass is 16.5. The summed E-state index contributed by atoms with van der Waals surface area (Å²) in [4.78, 5) is 0. The summed E-state index contributed by atoms with van der Waals surface area (Å²) in [5.41, 5.74) is 4.18. The molecule has 0 saturated carbocycles. The summed E-state index contributed by atoms with van der Waals surface area (Å²) in [6, 6.07) is 24.0. The number of benzene rings is 3. The maximum absolute atomic E-state index is 10.3. The fourth-order valence-corrected chi connectivity index (χ4v) is 3.04. The summed E-state index contributed by atoms with van der Waals surface area (Å²) in [7, 11) is 1.66. The molecule has 0 fully saturated rings. The maximum Gasteiger partial charge on any atom is 0.129 e. The molecule has 0 aliphatic heterocycles. The Morgan fingerprint density at radius 2 is 1.30 bits per heavy atom. The monoisotopic (exact) mass is 356 g/mol. The minimum atomic E-state index is 0.264. The largest absolute Gasteiger partial charge is 0.508 e. The third-order valence-corrected chi connectivity index (χ3v) is 4.40. The molecule has 0 amide bonds. The van der Waals surface area contributed by atoms with Gasteiger partial charge in [0.05, 0.1) is 7.11 Å². The molecule has 136 valence electrons. The second-order valence-electron chi connectivity index (χ2n) is 6.29. The molecule has 3 aromatic carbocycles. The SMILES string of the molecule is COc1c(C/C=C/c2ccccc2)ccc(O)c1C/C=C/c1ccccc1. The van der Waals surface area contributed by atoms with E-state index in [1.54, 1.807) is 13.2 Å². The Kier molecular flexibility index (Phi) is 6.48. The van der Waals surface area contributed by atoms with Gasteiger partial charge in [0.25, 0.3) is 0 Å². The molecule has 1 N–H and O–H groups in total. The summed E-state index contributed by atoms with van der Waals surface area (Å²) < 4.78 is 5.64. The molecule has 0 heterocycles. The van der Waals surface area contributed by atoms with Gasteiger partial charge < -0.3 is 9.84 Å². The van der Waals surface area contributed by atoms with Crippen LogP contribution in [0.5, 0.6) is 11.5 Å². The zero-order chi connectivity index (χ0) is 18.9. The molecule has 0 aliphatic rings. The quantitative estimate of drug-likeness (QED) is 0.570. The third-order valence-electron chi connectivity index (χ3n) is 4.40. The molecule has 0 saturated heterocycles. The number of methoxy groups -OCH3 is 1. The Morgan fingerprint density at radius 1 is 0.741 bits per heavy atom. The normalized spacial score (nSPS) is 11.3. The van der Waals surface area contributed by atoms with Crippen molar-refractivity contribution in [3.63, 3.8) is 0 Å². The first-order valence-corrected chi connectivity index (χ1v) is 9.09. The number of allylic oxidation sites excluding steroid dienone is 2. The fraction of sp³-hybridized carbons (Fsp3) is 0.120. The maximum atomic E-state index is 10.3. The van der Waals surface area contributed by atoms with Gasteiger partial charge in [-0.15, -0.1) is 0 Å². The van der Waals surface area contributed by atoms with Crippen molar-refractivity contribution in [1.29, 1.82) is 0 Å². The van der Waals surface area contributed by atoms with Crippen LogP contribution in [0.4, 0.5) is 0 Å². The molecule has 0 bridgehead atoms. The lowest BCUT2D eigenvalue weighted by Gasteiger charge is -2.13. The molecule has 2 nitrogen and oxygen atoms in total. The van der Waals surface area contributed by atoms with E-state index in [0.717, 1.165) is 28.9 Å². The van der Waals surface area contributed by atoms with Crippen molar-refractivity contribution < 1.29 is 9.84 Å². The molecule has 27 heavy (non-hydrogen) atoms. The minimum Gasteiger partial charge on any atom is -0.508 e. The molecule has 0 radical (unpaired) electrons. The van der Waals surface area contributed by atoms with Crippen LogP contribution in [0.15, 0.2) is 84.9 Å². The summed E-state index contributed by atoms with van der Waals surface area (Å²) >= 11 is 0. The van der Waals surface area contributed by atoms with Crippen LogP contribution >= 0.6 is 0 Å². The van der Waals surface area contributed by atoms with Crippen LogP contribution in [0.2, 0.25) is 0 Å². The summed E-state index contributed by atoms with van der Waals surface area (Å²) in [5, 5.41) is 10.3. The van der Waals surface area contributed by atoms with Crippen LogP contribution in [-0.4, -0.2) is 12.2 Å². The highest BCUT2D eigenvalue weighted by Gasteiger charge is 2.12. The highest BCUT2D eigenvalue weighted by molar-refractivity contribution is 5.55. The average Bonchev–Trinajstić information content (AvgIpc) is 2.71. The lowest BCUT2D eigenvalue weighted by Crippen LogP contribution is -1.97. The molecule has 0 atom stereocenters. The minimum absolute atomic E-state index is 0.264. The smallest absolute Gasteiger partial charge is 0.129 e. The van der Waals surface area contributed by atoms with E-state index in [4.69, 9.17) is 4.74 Å². The van der Waals surface area contributed by atoms with Crippen LogP contribution in [0.1, 0.15) is 22.3 Å². The van der Waals surface area contributed by atoms with Crippen molar-refractivity contribution in [3.05, 3.63) is 107 Å². The van der Waals surface area contributed by atoms with Gasteiger partial charge in [0.15, 0.2) is 0 Å². The first-order valence-electron chi connectivity index (χ1n) is 9.09. The van der Waals surface area contributed by atoms with Crippen LogP contribution in [0, 0.1) is 0 Å². The number of ether oxygens (including phenoxy) is 1. The van der Waals surface area contributed by atoms with E-state index >= 15 is 0 Å². The lowest BCUT2D eigenvalue weighted by molar-refractivity contribution is 0.397. The van der Waals surface area contributed by atoms with Gasteiger partial charge in [0.1, 0.15) is 11.5 Å². The predicted octanol–water partition coefficient (Wildman–Crippen LogP) is 5.91. The Bertz CT molecular complexity index is 910. The van der Waals surface area contributed by atoms with Gasteiger partial charge in [-0.2, -0.15) is 0 Å². The van der Waals surface area contributed by atoms with Crippen LogP contribution in [0.3, 0.4) is 0 Å². The number of aromatic hydroxyl groups is 1. The standard InChI is InChI=1S/C25H24O2/c1-27-25-22(16-8-14-20-10-4-2-5-11-20)18-19-24(26)23(25)17-9-15-21-12-6-3-7-13-21/h2-15,18-19,26H,16-17H2,1H3/b14-8+,15-9+. The number of hydrogen-bond donors (Lipinski definition) is 1. The first-order chi connectivity index (χ1) is 13.3. The number of phenolic OH excluding ortho intramolecular Hbond substituents is 1. The molecule has 3 rings (SSSR count).